The Hall–Kier alpha value is -2.27. The summed E-state index contributed by atoms with van der Waals surface area (Å²) >= 11 is 0. The molecule has 0 spiro atoms. The molecular weight excluding hydrogens is 290 g/mol. The summed E-state index contributed by atoms with van der Waals surface area (Å²) in [5.74, 6) is 0.943. The molecule has 1 fully saturated rings. The Morgan fingerprint density at radius 3 is 2.61 bits per heavy atom. The minimum atomic E-state index is -0.623. The van der Waals surface area contributed by atoms with E-state index in [9.17, 15) is 4.79 Å². The predicted molar refractivity (Wildman–Crippen MR) is 86.6 cm³/mol. The Balaban J connectivity index is 1.78. The Morgan fingerprint density at radius 1 is 1.26 bits per heavy atom. The van der Waals surface area contributed by atoms with Gasteiger partial charge in [0.2, 0.25) is 0 Å². The highest BCUT2D eigenvalue weighted by Gasteiger charge is 2.36. The number of nitrogens with one attached hydrogen (secondary N) is 1. The summed E-state index contributed by atoms with van der Waals surface area (Å²) in [5.41, 5.74) is 1.74. The van der Waals surface area contributed by atoms with Crippen LogP contribution in [-0.2, 0) is 9.53 Å². The van der Waals surface area contributed by atoms with Gasteiger partial charge in [-0.05, 0) is 37.3 Å². The van der Waals surface area contributed by atoms with Crippen LogP contribution in [-0.4, -0.2) is 23.0 Å². The number of nitrogens with zero attached hydrogens (tertiary/aromatic N) is 2. The number of benzene rings is 1. The predicted octanol–water partition coefficient (Wildman–Crippen LogP) is 2.74. The van der Waals surface area contributed by atoms with Gasteiger partial charge in [0.1, 0.15) is 0 Å². The van der Waals surface area contributed by atoms with Crippen LogP contribution in [0.3, 0.4) is 0 Å². The smallest absolute Gasteiger partial charge is 0.254 e. The number of hydrogen-bond acceptors (Lipinski definition) is 4. The number of ether oxygens (including phenoxy) is 1. The molecule has 0 aliphatic heterocycles. The van der Waals surface area contributed by atoms with E-state index in [0.717, 1.165) is 24.1 Å². The first-order chi connectivity index (χ1) is 11.2. The lowest BCUT2D eigenvalue weighted by atomic mass is 10.1. The van der Waals surface area contributed by atoms with E-state index in [1.165, 1.54) is 0 Å². The summed E-state index contributed by atoms with van der Waals surface area (Å²) in [6.07, 6.45) is 3.29. The lowest BCUT2D eigenvalue weighted by molar-refractivity contribution is -0.132. The van der Waals surface area contributed by atoms with Crippen LogP contribution in [0.1, 0.15) is 42.1 Å². The van der Waals surface area contributed by atoms with Crippen molar-refractivity contribution in [3.05, 3.63) is 59.7 Å². The van der Waals surface area contributed by atoms with E-state index < -0.39 is 6.10 Å². The number of carbonyl (C=O) groups is 1. The van der Waals surface area contributed by atoms with E-state index in [0.29, 0.717) is 11.7 Å². The zero-order chi connectivity index (χ0) is 16.2. The lowest BCUT2D eigenvalue weighted by Gasteiger charge is -2.21. The number of amides is 1. The third-order valence-electron chi connectivity index (χ3n) is 4.06. The molecule has 0 saturated heterocycles. The summed E-state index contributed by atoms with van der Waals surface area (Å²) < 4.78 is 5.41. The first-order valence-corrected chi connectivity index (χ1v) is 7.86. The van der Waals surface area contributed by atoms with Crippen LogP contribution in [0, 0.1) is 12.8 Å². The van der Waals surface area contributed by atoms with Gasteiger partial charge >= 0.3 is 0 Å². The van der Waals surface area contributed by atoms with Crippen LogP contribution in [0.4, 0.5) is 0 Å². The Labute approximate surface area is 136 Å². The third kappa shape index (κ3) is 3.74. The van der Waals surface area contributed by atoms with Gasteiger partial charge in [-0.25, -0.2) is 9.97 Å². The van der Waals surface area contributed by atoms with Crippen LogP contribution >= 0.6 is 0 Å². The first kappa shape index (κ1) is 15.6. The van der Waals surface area contributed by atoms with Gasteiger partial charge in [-0.15, -0.1) is 0 Å². The van der Waals surface area contributed by atoms with Gasteiger partial charge < -0.3 is 10.1 Å². The highest BCUT2D eigenvalue weighted by Crippen LogP contribution is 2.40. The van der Waals surface area contributed by atoms with E-state index >= 15 is 0 Å². The lowest BCUT2D eigenvalue weighted by Crippen LogP contribution is -2.35. The fourth-order valence-corrected chi connectivity index (χ4v) is 2.69. The van der Waals surface area contributed by atoms with Gasteiger partial charge in [-0.3, -0.25) is 4.79 Å². The molecule has 1 aliphatic rings. The van der Waals surface area contributed by atoms with Gasteiger partial charge in [0.05, 0.1) is 6.04 Å². The standard InChI is InChI=1S/C18H21N3O2/c1-12-10-11-19-17(20-12)15(13-8-9-13)21-18(22)16(23-2)14-6-4-3-5-7-14/h3-7,10-11,13,15-16H,8-9H2,1-2H3,(H,21,22). The fourth-order valence-electron chi connectivity index (χ4n) is 2.69. The molecule has 5 nitrogen and oxygen atoms in total. The zero-order valence-electron chi connectivity index (χ0n) is 13.4. The van der Waals surface area contributed by atoms with Gasteiger partial charge in [0.15, 0.2) is 11.9 Å². The average Bonchev–Trinajstić information content (AvgIpc) is 3.39. The van der Waals surface area contributed by atoms with Crippen molar-refractivity contribution >= 4 is 5.91 Å². The van der Waals surface area contributed by atoms with E-state index in [1.807, 2.05) is 43.3 Å². The number of methoxy groups -OCH3 is 1. The maximum atomic E-state index is 12.7. The van der Waals surface area contributed by atoms with E-state index in [2.05, 4.69) is 15.3 Å². The Bertz CT molecular complexity index is 671. The van der Waals surface area contributed by atoms with Crippen LogP contribution in [0.15, 0.2) is 42.6 Å². The normalized spacial score (nSPS) is 16.6. The quantitative estimate of drug-likeness (QED) is 0.891. The van der Waals surface area contributed by atoms with Crippen molar-refractivity contribution in [1.29, 1.82) is 0 Å². The third-order valence-corrected chi connectivity index (χ3v) is 4.06. The molecule has 0 bridgehead atoms. The van der Waals surface area contributed by atoms with Crippen LogP contribution in [0.25, 0.3) is 0 Å². The maximum Gasteiger partial charge on any atom is 0.254 e. The van der Waals surface area contributed by atoms with Crippen LogP contribution < -0.4 is 5.32 Å². The summed E-state index contributed by atoms with van der Waals surface area (Å²) in [4.78, 5) is 21.5. The topological polar surface area (TPSA) is 64.1 Å². The highest BCUT2D eigenvalue weighted by molar-refractivity contribution is 5.82. The van der Waals surface area contributed by atoms with Gasteiger partial charge in [-0.2, -0.15) is 0 Å². The Morgan fingerprint density at radius 2 is 2.00 bits per heavy atom. The molecule has 23 heavy (non-hydrogen) atoms. The van der Waals surface area contributed by atoms with Crippen LogP contribution in [0.2, 0.25) is 0 Å². The highest BCUT2D eigenvalue weighted by atomic mass is 16.5. The minimum Gasteiger partial charge on any atom is -0.367 e. The van der Waals surface area contributed by atoms with Crippen molar-refractivity contribution in [1.82, 2.24) is 15.3 Å². The number of hydrogen-bond donors (Lipinski definition) is 1. The van der Waals surface area contributed by atoms with Gasteiger partial charge in [-0.1, -0.05) is 30.3 Å². The molecule has 2 unspecified atom stereocenters. The van der Waals surface area contributed by atoms with Crippen molar-refractivity contribution in [2.45, 2.75) is 31.9 Å². The summed E-state index contributed by atoms with van der Waals surface area (Å²) in [5, 5.41) is 3.08. The first-order valence-electron chi connectivity index (χ1n) is 7.86. The van der Waals surface area contributed by atoms with Gasteiger partial charge in [0.25, 0.3) is 5.91 Å². The molecule has 1 aliphatic carbocycles. The molecule has 1 N–H and O–H groups in total. The number of rotatable bonds is 6. The SMILES string of the molecule is COC(C(=O)NC(c1nccc(C)n1)C1CC1)c1ccccc1. The van der Waals surface area contributed by atoms with Crippen molar-refractivity contribution in [3.8, 4) is 0 Å². The molecule has 1 heterocycles. The molecule has 1 amide bonds. The van der Waals surface area contributed by atoms with Crippen molar-refractivity contribution in [3.63, 3.8) is 0 Å². The number of carbonyl (C=O) groups excluding carboxylic acids is 1. The molecule has 2 aromatic rings. The molecule has 0 radical (unpaired) electrons. The molecule has 120 valence electrons. The van der Waals surface area contributed by atoms with Crippen molar-refractivity contribution in [2.75, 3.05) is 7.11 Å². The number of aromatic nitrogens is 2. The molecule has 1 aromatic heterocycles. The second-order valence-corrected chi connectivity index (χ2v) is 5.91. The second kappa shape index (κ2) is 6.87. The second-order valence-electron chi connectivity index (χ2n) is 5.91. The largest absolute Gasteiger partial charge is 0.367 e. The molecule has 3 rings (SSSR count). The molecule has 5 heteroatoms. The monoisotopic (exact) mass is 311 g/mol. The molecule has 1 aromatic carbocycles. The van der Waals surface area contributed by atoms with E-state index in [4.69, 9.17) is 4.74 Å². The molecular formula is C18H21N3O2. The molecule has 1 saturated carbocycles. The van der Waals surface area contributed by atoms with E-state index in [1.54, 1.807) is 13.3 Å². The zero-order valence-corrected chi connectivity index (χ0v) is 13.4. The summed E-state index contributed by atoms with van der Waals surface area (Å²) in [7, 11) is 1.55. The summed E-state index contributed by atoms with van der Waals surface area (Å²) in [6.45, 7) is 1.93. The fraction of sp³-hybridized carbons (Fsp3) is 0.389. The van der Waals surface area contributed by atoms with E-state index in [-0.39, 0.29) is 11.9 Å². The minimum absolute atomic E-state index is 0.149. The summed E-state index contributed by atoms with van der Waals surface area (Å²) in [6, 6.07) is 11.2. The van der Waals surface area contributed by atoms with Crippen LogP contribution in [0.5, 0.6) is 0 Å². The number of aryl methyl sites for hydroxylation is 1. The molecule has 2 atom stereocenters. The maximum absolute atomic E-state index is 12.7. The van der Waals surface area contributed by atoms with Gasteiger partial charge in [0, 0.05) is 19.0 Å². The average molecular weight is 311 g/mol. The van der Waals surface area contributed by atoms with Crippen molar-refractivity contribution in [2.24, 2.45) is 5.92 Å². The Kier molecular flexibility index (Phi) is 4.67. The van der Waals surface area contributed by atoms with Crippen molar-refractivity contribution < 1.29 is 9.53 Å².